The van der Waals surface area contributed by atoms with Crippen LogP contribution in [0.2, 0.25) is 0 Å². The molecule has 4 heteroatoms. The van der Waals surface area contributed by atoms with Crippen molar-refractivity contribution in [3.05, 3.63) is 51.5 Å². The zero-order valence-corrected chi connectivity index (χ0v) is 13.8. The molecule has 1 aromatic carbocycles. The highest BCUT2D eigenvalue weighted by Gasteiger charge is 2.11. The van der Waals surface area contributed by atoms with Gasteiger partial charge in [-0.2, -0.15) is 0 Å². The number of hydrogen-bond donors (Lipinski definition) is 1. The van der Waals surface area contributed by atoms with Gasteiger partial charge in [0.15, 0.2) is 0 Å². The van der Waals surface area contributed by atoms with Gasteiger partial charge in [-0.05, 0) is 50.2 Å². The largest absolute Gasteiger partial charge is 0.367 e. The summed E-state index contributed by atoms with van der Waals surface area (Å²) in [5.41, 5.74) is 2.27. The second-order valence-electron chi connectivity index (χ2n) is 5.07. The Labute approximate surface area is 130 Å². The molecular weight excluding hydrogens is 283 g/mol. The Kier molecular flexibility index (Phi) is 5.76. The van der Waals surface area contributed by atoms with Gasteiger partial charge in [0.1, 0.15) is 5.82 Å². The third-order valence-electron chi connectivity index (χ3n) is 3.54. The molecule has 0 bridgehead atoms. The lowest BCUT2D eigenvalue weighted by Crippen LogP contribution is -2.22. The smallest absolute Gasteiger partial charge is 0.125 e. The maximum absolute atomic E-state index is 13.4. The van der Waals surface area contributed by atoms with E-state index in [4.69, 9.17) is 0 Å². The van der Waals surface area contributed by atoms with E-state index in [-0.39, 0.29) is 5.82 Å². The number of thiophene rings is 1. The van der Waals surface area contributed by atoms with E-state index in [2.05, 4.69) is 37.1 Å². The van der Waals surface area contributed by atoms with E-state index in [1.165, 1.54) is 21.4 Å². The Hall–Kier alpha value is -1.39. The number of anilines is 1. The number of nitrogens with zero attached hydrogens (tertiary/aromatic N) is 1. The van der Waals surface area contributed by atoms with Crippen LogP contribution in [0, 0.1) is 12.7 Å². The second-order valence-corrected chi connectivity index (χ2v) is 6.41. The number of hydrogen-bond acceptors (Lipinski definition) is 3. The number of rotatable bonds is 7. The lowest BCUT2D eigenvalue weighted by molar-refractivity contribution is 0.626. The van der Waals surface area contributed by atoms with Gasteiger partial charge in [-0.15, -0.1) is 11.3 Å². The van der Waals surface area contributed by atoms with Crippen LogP contribution in [-0.2, 0) is 13.1 Å². The Morgan fingerprint density at radius 2 is 2.05 bits per heavy atom. The van der Waals surface area contributed by atoms with Gasteiger partial charge < -0.3 is 10.2 Å². The van der Waals surface area contributed by atoms with E-state index in [1.54, 1.807) is 12.1 Å². The number of nitrogens with one attached hydrogen (secondary N) is 1. The van der Waals surface area contributed by atoms with Crippen LogP contribution in [0.25, 0.3) is 0 Å². The predicted molar refractivity (Wildman–Crippen MR) is 89.6 cm³/mol. The van der Waals surface area contributed by atoms with Gasteiger partial charge in [-0.25, -0.2) is 4.39 Å². The number of halogens is 1. The summed E-state index contributed by atoms with van der Waals surface area (Å²) in [5.74, 6) is -0.180. The van der Waals surface area contributed by atoms with Gasteiger partial charge in [0.05, 0.1) is 0 Å². The number of aryl methyl sites for hydroxylation is 1. The van der Waals surface area contributed by atoms with Gasteiger partial charge in [0.2, 0.25) is 0 Å². The maximum Gasteiger partial charge on any atom is 0.125 e. The van der Waals surface area contributed by atoms with Crippen molar-refractivity contribution in [2.75, 3.05) is 18.0 Å². The van der Waals surface area contributed by atoms with Crippen LogP contribution in [0.3, 0.4) is 0 Å². The van der Waals surface area contributed by atoms with E-state index in [0.717, 1.165) is 31.9 Å². The van der Waals surface area contributed by atoms with Crippen molar-refractivity contribution in [3.63, 3.8) is 0 Å². The maximum atomic E-state index is 13.4. The molecule has 1 heterocycles. The second kappa shape index (κ2) is 7.57. The zero-order valence-electron chi connectivity index (χ0n) is 12.9. The lowest BCUT2D eigenvalue weighted by atomic mass is 10.2. The van der Waals surface area contributed by atoms with Crippen LogP contribution in [0.15, 0.2) is 30.3 Å². The van der Waals surface area contributed by atoms with E-state index in [9.17, 15) is 4.39 Å². The molecule has 21 heavy (non-hydrogen) atoms. The van der Waals surface area contributed by atoms with Crippen molar-refractivity contribution in [2.24, 2.45) is 0 Å². The van der Waals surface area contributed by atoms with Crippen molar-refractivity contribution >= 4 is 17.0 Å². The predicted octanol–water partition coefficient (Wildman–Crippen LogP) is 4.33. The molecule has 0 saturated heterocycles. The molecule has 0 saturated carbocycles. The third kappa shape index (κ3) is 4.29. The summed E-state index contributed by atoms with van der Waals surface area (Å²) in [7, 11) is 0. The molecule has 0 radical (unpaired) electrons. The summed E-state index contributed by atoms with van der Waals surface area (Å²) >= 11 is 1.84. The third-order valence-corrected chi connectivity index (χ3v) is 4.63. The molecule has 2 aromatic rings. The molecule has 1 aromatic heterocycles. The van der Waals surface area contributed by atoms with Crippen molar-refractivity contribution in [2.45, 2.75) is 33.9 Å². The highest BCUT2D eigenvalue weighted by Crippen LogP contribution is 2.25. The average Bonchev–Trinajstić information content (AvgIpc) is 2.82. The van der Waals surface area contributed by atoms with Crippen molar-refractivity contribution in [1.29, 1.82) is 0 Å². The van der Waals surface area contributed by atoms with Gasteiger partial charge in [-0.1, -0.05) is 13.0 Å². The molecule has 0 fully saturated rings. The van der Waals surface area contributed by atoms with Crippen LogP contribution >= 0.6 is 11.3 Å². The van der Waals surface area contributed by atoms with E-state index >= 15 is 0 Å². The van der Waals surface area contributed by atoms with E-state index < -0.39 is 0 Å². The SMILES string of the molecule is CCNCc1cc(CN(CC)c2cccc(F)c2)c(C)s1. The van der Waals surface area contributed by atoms with Crippen LogP contribution < -0.4 is 10.2 Å². The number of benzene rings is 1. The molecule has 2 nitrogen and oxygen atoms in total. The molecule has 0 amide bonds. The summed E-state index contributed by atoms with van der Waals surface area (Å²) in [6.07, 6.45) is 0. The fourth-order valence-electron chi connectivity index (χ4n) is 2.34. The molecule has 0 aliphatic rings. The molecule has 2 rings (SSSR count). The minimum Gasteiger partial charge on any atom is -0.367 e. The molecule has 0 unspecified atom stereocenters. The zero-order chi connectivity index (χ0) is 15.2. The quantitative estimate of drug-likeness (QED) is 0.819. The standard InChI is InChI=1S/C17H23FN2S/c1-4-19-11-17-9-14(13(3)21-17)12-20(5-2)16-8-6-7-15(18)10-16/h6-10,19H,4-5,11-12H2,1-3H3. The van der Waals surface area contributed by atoms with Crippen LogP contribution in [-0.4, -0.2) is 13.1 Å². The molecule has 114 valence electrons. The monoisotopic (exact) mass is 306 g/mol. The normalized spacial score (nSPS) is 10.9. The highest BCUT2D eigenvalue weighted by molar-refractivity contribution is 7.12. The highest BCUT2D eigenvalue weighted by atomic mass is 32.1. The lowest BCUT2D eigenvalue weighted by Gasteiger charge is -2.23. The summed E-state index contributed by atoms with van der Waals surface area (Å²) in [6, 6.07) is 9.09. The topological polar surface area (TPSA) is 15.3 Å². The van der Waals surface area contributed by atoms with Gasteiger partial charge in [-0.3, -0.25) is 0 Å². The first kappa shape index (κ1) is 16.0. The van der Waals surface area contributed by atoms with Crippen LogP contribution in [0.1, 0.15) is 29.2 Å². The molecule has 0 spiro atoms. The van der Waals surface area contributed by atoms with Gasteiger partial charge in [0.25, 0.3) is 0 Å². The van der Waals surface area contributed by atoms with Gasteiger partial charge >= 0.3 is 0 Å². The fraction of sp³-hybridized carbons (Fsp3) is 0.412. The van der Waals surface area contributed by atoms with Crippen molar-refractivity contribution < 1.29 is 4.39 Å². The first-order valence-corrected chi connectivity index (χ1v) is 8.25. The van der Waals surface area contributed by atoms with Gasteiger partial charge in [0, 0.05) is 35.1 Å². The fourth-order valence-corrected chi connectivity index (χ4v) is 3.37. The summed E-state index contributed by atoms with van der Waals surface area (Å²) in [5, 5.41) is 3.36. The Morgan fingerprint density at radius 1 is 1.24 bits per heavy atom. The molecule has 0 aliphatic carbocycles. The minimum atomic E-state index is -0.180. The van der Waals surface area contributed by atoms with Crippen molar-refractivity contribution in [3.8, 4) is 0 Å². The first-order chi connectivity index (χ1) is 10.1. The van der Waals surface area contributed by atoms with E-state index in [1.807, 2.05) is 17.4 Å². The minimum absolute atomic E-state index is 0.180. The Balaban J connectivity index is 2.13. The summed E-state index contributed by atoms with van der Waals surface area (Å²) in [6.45, 7) is 9.98. The summed E-state index contributed by atoms with van der Waals surface area (Å²) in [4.78, 5) is 4.91. The Bertz CT molecular complexity index is 580. The van der Waals surface area contributed by atoms with Crippen molar-refractivity contribution in [1.82, 2.24) is 5.32 Å². The molecule has 0 aliphatic heterocycles. The Morgan fingerprint density at radius 3 is 2.71 bits per heavy atom. The molecule has 1 N–H and O–H groups in total. The molecular formula is C17H23FN2S. The van der Waals surface area contributed by atoms with Crippen LogP contribution in [0.4, 0.5) is 10.1 Å². The average molecular weight is 306 g/mol. The summed E-state index contributed by atoms with van der Waals surface area (Å²) < 4.78 is 13.4. The van der Waals surface area contributed by atoms with Crippen LogP contribution in [0.5, 0.6) is 0 Å². The van der Waals surface area contributed by atoms with E-state index in [0.29, 0.717) is 0 Å². The first-order valence-electron chi connectivity index (χ1n) is 7.43. The molecule has 0 atom stereocenters.